The first kappa shape index (κ1) is 30.8. The highest BCUT2D eigenvalue weighted by Gasteiger charge is 2.28. The minimum absolute atomic E-state index is 0.0730. The molecule has 0 saturated heterocycles. The monoisotopic (exact) mass is 612 g/mol. The maximum Gasteiger partial charge on any atom is 0.329 e. The first-order valence-corrected chi connectivity index (χ1v) is 14.8. The van der Waals surface area contributed by atoms with Crippen LogP contribution < -0.4 is 10.0 Å². The van der Waals surface area contributed by atoms with Crippen LogP contribution in [0, 0.1) is 11.6 Å². The normalized spacial score (nSPS) is 12.7. The Kier molecular flexibility index (Phi) is 10.4. The van der Waals surface area contributed by atoms with Crippen molar-refractivity contribution in [3.63, 3.8) is 0 Å². The molecular formula is C31H27ClF2N2O5S. The fourth-order valence-electron chi connectivity index (χ4n) is 4.18. The van der Waals surface area contributed by atoms with Crippen molar-refractivity contribution >= 4 is 33.5 Å². The zero-order valence-corrected chi connectivity index (χ0v) is 23.7. The molecule has 4 rings (SSSR count). The molecule has 4 aromatic rings. The number of hydrogen-bond acceptors (Lipinski definition) is 5. The molecule has 0 saturated carbocycles. The number of nitrogens with one attached hydrogen (secondary N) is 2. The number of sulfonamides is 1. The van der Waals surface area contributed by atoms with Crippen LogP contribution in [0.2, 0.25) is 5.02 Å². The summed E-state index contributed by atoms with van der Waals surface area (Å²) in [7, 11) is -4.56. The molecular weight excluding hydrogens is 586 g/mol. The Labute approximate surface area is 247 Å². The van der Waals surface area contributed by atoms with Crippen LogP contribution in [0.15, 0.2) is 108 Å². The van der Waals surface area contributed by atoms with Gasteiger partial charge in [0, 0.05) is 18.1 Å². The van der Waals surface area contributed by atoms with E-state index >= 15 is 0 Å². The van der Waals surface area contributed by atoms with E-state index in [4.69, 9.17) is 16.3 Å². The standard InChI is InChI=1S/C31H27ClF2N2O5S/c32-25-18-29(27(34)19-26(25)33)42(39,40)36-24(16-21-10-4-1-5-11-21)20-41-31(38)28(17-22-12-6-2-7-13-22)35-30(37)23-14-8-3-9-15-23/h1-15,18-19,24,28,36H,16-17,20H2,(H,35,37). The lowest BCUT2D eigenvalue weighted by Crippen LogP contribution is -2.46. The van der Waals surface area contributed by atoms with Crippen molar-refractivity contribution < 1.29 is 31.5 Å². The third-order valence-electron chi connectivity index (χ3n) is 6.25. The third-order valence-corrected chi connectivity index (χ3v) is 8.07. The van der Waals surface area contributed by atoms with Gasteiger partial charge in [-0.15, -0.1) is 0 Å². The average Bonchev–Trinajstić information content (AvgIpc) is 2.98. The Hall–Kier alpha value is -4.12. The summed E-state index contributed by atoms with van der Waals surface area (Å²) in [5.74, 6) is -3.72. The van der Waals surface area contributed by atoms with E-state index in [1.54, 1.807) is 84.9 Å². The number of rotatable bonds is 12. The van der Waals surface area contributed by atoms with Gasteiger partial charge in [0.2, 0.25) is 10.0 Å². The molecule has 0 spiro atoms. The molecule has 0 aliphatic carbocycles. The maximum atomic E-state index is 14.4. The fourth-order valence-corrected chi connectivity index (χ4v) is 5.72. The number of ether oxygens (including phenoxy) is 1. The van der Waals surface area contributed by atoms with Crippen molar-refractivity contribution in [2.45, 2.75) is 29.8 Å². The smallest absolute Gasteiger partial charge is 0.329 e. The zero-order chi connectivity index (χ0) is 30.1. The topological polar surface area (TPSA) is 102 Å². The van der Waals surface area contributed by atoms with Crippen LogP contribution in [0.3, 0.4) is 0 Å². The number of carbonyl (C=O) groups excluding carboxylic acids is 2. The van der Waals surface area contributed by atoms with Gasteiger partial charge >= 0.3 is 5.97 Å². The van der Waals surface area contributed by atoms with Crippen LogP contribution in [-0.4, -0.2) is 39.0 Å². The van der Waals surface area contributed by atoms with Gasteiger partial charge in [0.15, 0.2) is 0 Å². The van der Waals surface area contributed by atoms with Gasteiger partial charge < -0.3 is 10.1 Å². The van der Waals surface area contributed by atoms with Gasteiger partial charge in [-0.1, -0.05) is 90.5 Å². The predicted octanol–water partition coefficient (Wildman–Crippen LogP) is 5.09. The summed E-state index contributed by atoms with van der Waals surface area (Å²) >= 11 is 5.71. The van der Waals surface area contributed by atoms with Crippen LogP contribution in [-0.2, 0) is 32.4 Å². The maximum absolute atomic E-state index is 14.4. The lowest BCUT2D eigenvalue weighted by molar-refractivity contribution is -0.146. The lowest BCUT2D eigenvalue weighted by Gasteiger charge is -2.22. The summed E-state index contributed by atoms with van der Waals surface area (Å²) in [6.07, 6.45) is 0.191. The molecule has 0 aliphatic heterocycles. The molecule has 218 valence electrons. The van der Waals surface area contributed by atoms with Crippen molar-refractivity contribution in [3.8, 4) is 0 Å². The predicted molar refractivity (Wildman–Crippen MR) is 154 cm³/mol. The van der Waals surface area contributed by atoms with E-state index in [1.165, 1.54) is 0 Å². The van der Waals surface area contributed by atoms with Gasteiger partial charge in [-0.2, -0.15) is 0 Å². The number of halogens is 3. The summed E-state index contributed by atoms with van der Waals surface area (Å²) in [5.41, 5.74) is 1.81. The Morgan fingerprint density at radius 2 is 1.33 bits per heavy atom. The van der Waals surface area contributed by atoms with Crippen LogP contribution in [0.4, 0.5) is 8.78 Å². The van der Waals surface area contributed by atoms with Crippen LogP contribution >= 0.6 is 11.6 Å². The van der Waals surface area contributed by atoms with E-state index in [0.29, 0.717) is 23.3 Å². The van der Waals surface area contributed by atoms with Gasteiger partial charge in [0.05, 0.1) is 11.1 Å². The molecule has 4 aromatic carbocycles. The third kappa shape index (κ3) is 8.45. The Balaban J connectivity index is 1.55. The van der Waals surface area contributed by atoms with E-state index in [1.807, 2.05) is 6.07 Å². The van der Waals surface area contributed by atoms with Crippen molar-refractivity contribution in [1.82, 2.24) is 10.0 Å². The minimum Gasteiger partial charge on any atom is -0.462 e. The molecule has 0 aliphatic rings. The fraction of sp³-hybridized carbons (Fsp3) is 0.161. The van der Waals surface area contributed by atoms with Crippen molar-refractivity contribution in [2.24, 2.45) is 0 Å². The van der Waals surface area contributed by atoms with E-state index in [0.717, 1.165) is 5.56 Å². The molecule has 1 amide bonds. The van der Waals surface area contributed by atoms with Gasteiger partial charge in [0.1, 0.15) is 29.2 Å². The largest absolute Gasteiger partial charge is 0.462 e. The summed E-state index contributed by atoms with van der Waals surface area (Å²) in [4.78, 5) is 25.3. The lowest BCUT2D eigenvalue weighted by atomic mass is 10.1. The molecule has 2 N–H and O–H groups in total. The van der Waals surface area contributed by atoms with Crippen LogP contribution in [0.1, 0.15) is 21.5 Å². The molecule has 2 unspecified atom stereocenters. The zero-order valence-electron chi connectivity index (χ0n) is 22.2. The number of carbonyl (C=O) groups is 2. The summed E-state index contributed by atoms with van der Waals surface area (Å²) in [6.45, 7) is -0.448. The van der Waals surface area contributed by atoms with Crippen molar-refractivity contribution in [2.75, 3.05) is 6.61 Å². The second-order valence-corrected chi connectivity index (χ2v) is 11.5. The Morgan fingerprint density at radius 3 is 1.93 bits per heavy atom. The van der Waals surface area contributed by atoms with Crippen molar-refractivity contribution in [3.05, 3.63) is 136 Å². The molecule has 2 atom stereocenters. The first-order chi connectivity index (χ1) is 20.1. The molecule has 7 nitrogen and oxygen atoms in total. The highest BCUT2D eigenvalue weighted by molar-refractivity contribution is 7.89. The highest BCUT2D eigenvalue weighted by atomic mass is 35.5. The molecule has 42 heavy (non-hydrogen) atoms. The van der Waals surface area contributed by atoms with Crippen molar-refractivity contribution in [1.29, 1.82) is 0 Å². The van der Waals surface area contributed by atoms with Gasteiger partial charge in [-0.3, -0.25) is 4.79 Å². The summed E-state index contributed by atoms with van der Waals surface area (Å²) in [5, 5.41) is 2.13. The van der Waals surface area contributed by atoms with Gasteiger partial charge in [-0.25, -0.2) is 26.7 Å². The number of benzene rings is 4. The second kappa shape index (κ2) is 14.2. The SMILES string of the molecule is O=C(NC(Cc1ccccc1)C(=O)OCC(Cc1ccccc1)NS(=O)(=O)c1cc(Cl)c(F)cc1F)c1ccccc1. The van der Waals surface area contributed by atoms with E-state index < -0.39 is 62.1 Å². The highest BCUT2D eigenvalue weighted by Crippen LogP contribution is 2.23. The van der Waals surface area contributed by atoms with E-state index in [-0.39, 0.29) is 12.8 Å². The van der Waals surface area contributed by atoms with Crippen LogP contribution in [0.25, 0.3) is 0 Å². The number of esters is 1. The van der Waals surface area contributed by atoms with Gasteiger partial charge in [-0.05, 0) is 35.7 Å². The Bertz CT molecular complexity index is 1630. The summed E-state index contributed by atoms with van der Waals surface area (Å²) < 4.78 is 62.2. The van der Waals surface area contributed by atoms with E-state index in [9.17, 15) is 26.8 Å². The number of hydrogen-bond donors (Lipinski definition) is 2. The van der Waals surface area contributed by atoms with Crippen LogP contribution in [0.5, 0.6) is 0 Å². The Morgan fingerprint density at radius 1 is 0.786 bits per heavy atom. The molecule has 11 heteroatoms. The molecule has 0 heterocycles. The average molecular weight is 613 g/mol. The molecule has 0 radical (unpaired) electrons. The quantitative estimate of drug-likeness (QED) is 0.171. The molecule has 0 bridgehead atoms. The summed E-state index contributed by atoms with van der Waals surface area (Å²) in [6, 6.07) is 25.0. The molecule has 0 fully saturated rings. The number of amides is 1. The first-order valence-electron chi connectivity index (χ1n) is 12.9. The van der Waals surface area contributed by atoms with E-state index in [2.05, 4.69) is 10.0 Å². The minimum atomic E-state index is -4.56. The van der Waals surface area contributed by atoms with Gasteiger partial charge in [0.25, 0.3) is 5.91 Å². The second-order valence-electron chi connectivity index (χ2n) is 9.42. The molecule has 0 aromatic heterocycles.